The van der Waals surface area contributed by atoms with Crippen molar-refractivity contribution in [3.05, 3.63) is 67.7 Å². The van der Waals surface area contributed by atoms with Gasteiger partial charge in [-0.15, -0.1) is 0 Å². The fourth-order valence-electron chi connectivity index (χ4n) is 1.97. The Bertz CT molecular complexity index is 853. The zero-order valence-corrected chi connectivity index (χ0v) is 14.3. The maximum Gasteiger partial charge on any atom is 0.338 e. The summed E-state index contributed by atoms with van der Waals surface area (Å²) >= 11 is 11.7. The van der Waals surface area contributed by atoms with Crippen LogP contribution in [0.15, 0.2) is 36.4 Å². The SMILES string of the molecule is COc1ccc(C(=O)OCC(=O)c2ccc(Cl)cc2Cl)cc1[N+](=O)[O-]. The Morgan fingerprint density at radius 3 is 2.48 bits per heavy atom. The normalized spacial score (nSPS) is 10.2. The van der Waals surface area contributed by atoms with Gasteiger partial charge in [0.2, 0.25) is 5.78 Å². The number of hydrogen-bond acceptors (Lipinski definition) is 6. The molecule has 130 valence electrons. The zero-order chi connectivity index (χ0) is 18.6. The smallest absolute Gasteiger partial charge is 0.338 e. The van der Waals surface area contributed by atoms with E-state index in [0.717, 1.165) is 6.07 Å². The second-order valence-corrected chi connectivity index (χ2v) is 5.61. The van der Waals surface area contributed by atoms with Crippen molar-refractivity contribution < 1.29 is 24.0 Å². The molecule has 2 aromatic rings. The van der Waals surface area contributed by atoms with Crippen molar-refractivity contribution in [1.29, 1.82) is 0 Å². The van der Waals surface area contributed by atoms with Crippen LogP contribution >= 0.6 is 23.2 Å². The molecule has 0 unspecified atom stereocenters. The number of Topliss-reactive ketones (excluding diaryl/α,β-unsaturated/α-hetero) is 1. The molecule has 2 aromatic carbocycles. The Morgan fingerprint density at radius 2 is 1.88 bits per heavy atom. The van der Waals surface area contributed by atoms with Gasteiger partial charge in [-0.05, 0) is 30.3 Å². The van der Waals surface area contributed by atoms with Crippen LogP contribution in [0.3, 0.4) is 0 Å². The molecule has 0 spiro atoms. The number of esters is 1. The van der Waals surface area contributed by atoms with Gasteiger partial charge in [-0.1, -0.05) is 23.2 Å². The van der Waals surface area contributed by atoms with E-state index in [1.165, 1.54) is 37.4 Å². The van der Waals surface area contributed by atoms with Gasteiger partial charge >= 0.3 is 11.7 Å². The first-order valence-corrected chi connectivity index (χ1v) is 7.57. The van der Waals surface area contributed by atoms with Gasteiger partial charge in [-0.2, -0.15) is 0 Å². The van der Waals surface area contributed by atoms with Crippen molar-refractivity contribution in [3.63, 3.8) is 0 Å². The average molecular weight is 384 g/mol. The zero-order valence-electron chi connectivity index (χ0n) is 12.8. The number of nitrogens with zero attached hydrogens (tertiary/aromatic N) is 1. The van der Waals surface area contributed by atoms with Gasteiger partial charge in [0.25, 0.3) is 0 Å². The van der Waals surface area contributed by atoms with Crippen LogP contribution in [0, 0.1) is 10.1 Å². The summed E-state index contributed by atoms with van der Waals surface area (Å²) in [6, 6.07) is 7.88. The first kappa shape index (κ1) is 18.7. The number of carbonyl (C=O) groups is 2. The molecule has 0 aliphatic carbocycles. The molecule has 25 heavy (non-hydrogen) atoms. The highest BCUT2D eigenvalue weighted by atomic mass is 35.5. The Hall–Kier alpha value is -2.64. The van der Waals surface area contributed by atoms with E-state index in [-0.39, 0.29) is 27.6 Å². The highest BCUT2D eigenvalue weighted by Gasteiger charge is 2.20. The average Bonchev–Trinajstić information content (AvgIpc) is 2.58. The lowest BCUT2D eigenvalue weighted by Gasteiger charge is -2.07. The minimum atomic E-state index is -0.885. The number of ether oxygens (including phenoxy) is 2. The molecule has 0 aliphatic rings. The Kier molecular flexibility index (Phi) is 5.95. The standard InChI is InChI=1S/C16H11Cl2NO6/c1-24-15-5-2-9(6-13(15)19(22)23)16(21)25-8-14(20)11-4-3-10(17)7-12(11)18/h2-7H,8H2,1H3. The lowest BCUT2D eigenvalue weighted by atomic mass is 10.1. The lowest BCUT2D eigenvalue weighted by Crippen LogP contribution is -2.15. The molecule has 0 heterocycles. The second-order valence-electron chi connectivity index (χ2n) is 4.77. The van der Waals surface area contributed by atoms with Gasteiger partial charge < -0.3 is 9.47 Å². The van der Waals surface area contributed by atoms with Gasteiger partial charge in [0.15, 0.2) is 12.4 Å². The van der Waals surface area contributed by atoms with Crippen molar-refractivity contribution in [2.45, 2.75) is 0 Å². The highest BCUT2D eigenvalue weighted by Crippen LogP contribution is 2.28. The minimum Gasteiger partial charge on any atom is -0.490 e. The number of nitro benzene ring substituents is 1. The predicted octanol–water partition coefficient (Wildman–Crippen LogP) is 3.95. The molecule has 0 radical (unpaired) electrons. The van der Waals surface area contributed by atoms with Gasteiger partial charge in [0.1, 0.15) is 0 Å². The van der Waals surface area contributed by atoms with Gasteiger partial charge in [0, 0.05) is 16.7 Å². The summed E-state index contributed by atoms with van der Waals surface area (Å²) in [5.41, 5.74) is -0.314. The Labute approximate surface area is 152 Å². The number of carbonyl (C=O) groups excluding carboxylic acids is 2. The minimum absolute atomic E-state index is 0.00516. The second kappa shape index (κ2) is 7.96. The van der Waals surface area contributed by atoms with E-state index in [9.17, 15) is 19.7 Å². The van der Waals surface area contributed by atoms with Crippen LogP contribution in [-0.2, 0) is 4.74 Å². The number of halogens is 2. The highest BCUT2D eigenvalue weighted by molar-refractivity contribution is 6.36. The third-order valence-electron chi connectivity index (χ3n) is 3.18. The van der Waals surface area contributed by atoms with Crippen LogP contribution in [0.2, 0.25) is 10.0 Å². The summed E-state index contributed by atoms with van der Waals surface area (Å²) in [5, 5.41) is 11.5. The van der Waals surface area contributed by atoms with E-state index in [1.807, 2.05) is 0 Å². The van der Waals surface area contributed by atoms with Crippen LogP contribution in [0.25, 0.3) is 0 Å². The van der Waals surface area contributed by atoms with Gasteiger partial charge in [0.05, 0.1) is 22.6 Å². The molecule has 0 amide bonds. The number of nitro groups is 1. The summed E-state index contributed by atoms with van der Waals surface area (Å²) in [7, 11) is 1.27. The molecule has 0 fully saturated rings. The van der Waals surface area contributed by atoms with E-state index in [0.29, 0.717) is 5.02 Å². The fourth-order valence-corrected chi connectivity index (χ4v) is 2.48. The maximum atomic E-state index is 12.1. The summed E-state index contributed by atoms with van der Waals surface area (Å²) in [6.07, 6.45) is 0. The number of ketones is 1. The molecule has 0 atom stereocenters. The molecule has 7 nitrogen and oxygen atoms in total. The third-order valence-corrected chi connectivity index (χ3v) is 3.72. The number of rotatable bonds is 6. The molecule has 9 heteroatoms. The van der Waals surface area contributed by atoms with Crippen LogP contribution in [0.4, 0.5) is 5.69 Å². The molecule has 0 bridgehead atoms. The van der Waals surface area contributed by atoms with Crippen molar-refractivity contribution in [1.82, 2.24) is 0 Å². The molecule has 0 N–H and O–H groups in total. The molecular formula is C16H11Cl2NO6. The Morgan fingerprint density at radius 1 is 1.16 bits per heavy atom. The van der Waals surface area contributed by atoms with Crippen molar-refractivity contribution in [3.8, 4) is 5.75 Å². The monoisotopic (exact) mass is 383 g/mol. The van der Waals surface area contributed by atoms with E-state index in [2.05, 4.69) is 0 Å². The van der Waals surface area contributed by atoms with Crippen LogP contribution in [0.1, 0.15) is 20.7 Å². The first-order chi connectivity index (χ1) is 11.8. The van der Waals surface area contributed by atoms with E-state index in [1.54, 1.807) is 0 Å². The van der Waals surface area contributed by atoms with Gasteiger partial charge in [-0.25, -0.2) is 4.79 Å². The quantitative estimate of drug-likeness (QED) is 0.324. The van der Waals surface area contributed by atoms with E-state index in [4.69, 9.17) is 32.7 Å². The summed E-state index contributed by atoms with van der Waals surface area (Å²) in [4.78, 5) is 34.3. The largest absolute Gasteiger partial charge is 0.490 e. The van der Waals surface area contributed by atoms with Crippen LogP contribution < -0.4 is 4.74 Å². The molecule has 0 aromatic heterocycles. The van der Waals surface area contributed by atoms with E-state index < -0.39 is 23.3 Å². The summed E-state index contributed by atoms with van der Waals surface area (Å²) in [6.45, 7) is -0.569. The van der Waals surface area contributed by atoms with Crippen molar-refractivity contribution in [2.24, 2.45) is 0 Å². The molecular weight excluding hydrogens is 373 g/mol. The first-order valence-electron chi connectivity index (χ1n) is 6.81. The number of methoxy groups -OCH3 is 1. The number of benzene rings is 2. The van der Waals surface area contributed by atoms with Crippen LogP contribution in [-0.4, -0.2) is 30.4 Å². The maximum absolute atomic E-state index is 12.1. The third kappa shape index (κ3) is 4.46. The van der Waals surface area contributed by atoms with Crippen molar-refractivity contribution in [2.75, 3.05) is 13.7 Å². The molecule has 0 saturated carbocycles. The lowest BCUT2D eigenvalue weighted by molar-refractivity contribution is -0.385. The molecule has 0 aliphatic heterocycles. The van der Waals surface area contributed by atoms with Crippen LogP contribution in [0.5, 0.6) is 5.75 Å². The van der Waals surface area contributed by atoms with Gasteiger partial charge in [-0.3, -0.25) is 14.9 Å². The predicted molar refractivity (Wildman–Crippen MR) is 90.7 cm³/mol. The van der Waals surface area contributed by atoms with E-state index >= 15 is 0 Å². The summed E-state index contributed by atoms with van der Waals surface area (Å²) < 4.78 is 9.74. The topological polar surface area (TPSA) is 95.7 Å². The van der Waals surface area contributed by atoms with Crippen molar-refractivity contribution >= 4 is 40.6 Å². The Balaban J connectivity index is 2.11. The summed E-state index contributed by atoms with van der Waals surface area (Å²) in [5.74, 6) is -1.41. The fraction of sp³-hybridized carbons (Fsp3) is 0.125. The molecule has 2 rings (SSSR count). The molecule has 0 saturated heterocycles. The number of hydrogen-bond donors (Lipinski definition) is 0.